The summed E-state index contributed by atoms with van der Waals surface area (Å²) in [4.78, 5) is 3.69. The Hall–Kier alpha value is -1.00. The van der Waals surface area contributed by atoms with E-state index in [4.69, 9.17) is 10.5 Å². The quantitative estimate of drug-likeness (QED) is 0.810. The molecule has 2 unspecified atom stereocenters. The molecule has 84 valence electrons. The molecule has 0 saturated carbocycles. The van der Waals surface area contributed by atoms with Gasteiger partial charge in [0.2, 0.25) is 0 Å². The van der Waals surface area contributed by atoms with Gasteiger partial charge in [-0.15, -0.1) is 0 Å². The average Bonchev–Trinajstić information content (AvgIpc) is 2.18. The number of halogens is 1. The van der Waals surface area contributed by atoms with Crippen molar-refractivity contribution < 1.29 is 9.13 Å². The molecular formula is C11H17FN2O. The van der Waals surface area contributed by atoms with Gasteiger partial charge in [-0.05, 0) is 18.4 Å². The van der Waals surface area contributed by atoms with E-state index in [1.165, 1.54) is 6.20 Å². The summed E-state index contributed by atoms with van der Waals surface area (Å²) < 4.78 is 18.3. The molecule has 1 aromatic rings. The van der Waals surface area contributed by atoms with Crippen molar-refractivity contribution >= 4 is 0 Å². The highest BCUT2D eigenvalue weighted by Gasteiger charge is 2.14. The van der Waals surface area contributed by atoms with Crippen molar-refractivity contribution in [2.75, 3.05) is 13.7 Å². The molecule has 0 bridgehead atoms. The molecule has 0 saturated heterocycles. The Labute approximate surface area is 89.5 Å². The summed E-state index contributed by atoms with van der Waals surface area (Å²) in [6.45, 7) is 2.67. The fourth-order valence-electron chi connectivity index (χ4n) is 1.60. The van der Waals surface area contributed by atoms with Gasteiger partial charge in [0.15, 0.2) is 0 Å². The van der Waals surface area contributed by atoms with Gasteiger partial charge in [0.05, 0.1) is 6.20 Å². The Kier molecular flexibility index (Phi) is 4.65. The van der Waals surface area contributed by atoms with Crippen LogP contribution in [-0.4, -0.2) is 18.7 Å². The van der Waals surface area contributed by atoms with Gasteiger partial charge in [0.25, 0.3) is 0 Å². The first-order chi connectivity index (χ1) is 7.15. The van der Waals surface area contributed by atoms with E-state index in [2.05, 4.69) is 4.98 Å². The van der Waals surface area contributed by atoms with Gasteiger partial charge in [-0.3, -0.25) is 4.98 Å². The Bertz CT molecular complexity index is 306. The van der Waals surface area contributed by atoms with E-state index >= 15 is 0 Å². The third-order valence-corrected chi connectivity index (χ3v) is 2.31. The largest absolute Gasteiger partial charge is 0.384 e. The summed E-state index contributed by atoms with van der Waals surface area (Å²) in [6.07, 6.45) is 3.45. The molecule has 2 atom stereocenters. The van der Waals surface area contributed by atoms with Crippen LogP contribution in [0.4, 0.5) is 4.39 Å². The maximum atomic E-state index is 13.3. The molecule has 0 spiro atoms. The van der Waals surface area contributed by atoms with E-state index in [1.807, 2.05) is 6.92 Å². The van der Waals surface area contributed by atoms with Crippen LogP contribution in [0.2, 0.25) is 0 Å². The topological polar surface area (TPSA) is 48.1 Å². The molecular weight excluding hydrogens is 195 g/mol. The lowest BCUT2D eigenvalue weighted by atomic mass is 9.97. The van der Waals surface area contributed by atoms with Crippen LogP contribution < -0.4 is 5.73 Å². The molecule has 0 radical (unpaired) electrons. The van der Waals surface area contributed by atoms with E-state index in [-0.39, 0.29) is 11.9 Å². The van der Waals surface area contributed by atoms with Crippen LogP contribution in [0, 0.1) is 11.7 Å². The van der Waals surface area contributed by atoms with Gasteiger partial charge in [0.1, 0.15) is 5.82 Å². The van der Waals surface area contributed by atoms with Crippen LogP contribution in [0.1, 0.15) is 24.9 Å². The maximum Gasteiger partial charge on any atom is 0.146 e. The minimum Gasteiger partial charge on any atom is -0.384 e. The van der Waals surface area contributed by atoms with Crippen molar-refractivity contribution in [2.24, 2.45) is 11.7 Å². The van der Waals surface area contributed by atoms with Gasteiger partial charge < -0.3 is 10.5 Å². The maximum absolute atomic E-state index is 13.3. The smallest absolute Gasteiger partial charge is 0.146 e. The normalized spacial score (nSPS) is 14.9. The standard InChI is InChI=1S/C11H17FN2O/c1-8(7-15-2)5-11(13)9-3-4-14-6-10(9)12/h3-4,6,8,11H,5,7,13H2,1-2H3. The molecule has 1 rings (SSSR count). The number of rotatable bonds is 5. The number of ether oxygens (including phenoxy) is 1. The Balaban J connectivity index is 2.61. The van der Waals surface area contributed by atoms with Crippen LogP contribution in [0.25, 0.3) is 0 Å². The molecule has 2 N–H and O–H groups in total. The molecule has 0 aliphatic carbocycles. The third kappa shape index (κ3) is 3.57. The number of nitrogens with zero attached hydrogens (tertiary/aromatic N) is 1. The lowest BCUT2D eigenvalue weighted by molar-refractivity contribution is 0.152. The molecule has 0 aliphatic rings. The van der Waals surface area contributed by atoms with Crippen molar-refractivity contribution in [3.05, 3.63) is 29.8 Å². The molecule has 0 aromatic carbocycles. The summed E-state index contributed by atoms with van der Waals surface area (Å²) in [7, 11) is 1.65. The molecule has 0 fully saturated rings. The van der Waals surface area contributed by atoms with Gasteiger partial charge >= 0.3 is 0 Å². The first-order valence-electron chi connectivity index (χ1n) is 4.99. The predicted molar refractivity (Wildman–Crippen MR) is 56.8 cm³/mol. The zero-order valence-corrected chi connectivity index (χ0v) is 9.11. The van der Waals surface area contributed by atoms with Gasteiger partial charge in [0, 0.05) is 31.5 Å². The van der Waals surface area contributed by atoms with Crippen molar-refractivity contribution in [3.8, 4) is 0 Å². The Morgan fingerprint density at radius 3 is 2.93 bits per heavy atom. The number of nitrogens with two attached hydrogens (primary N) is 1. The van der Waals surface area contributed by atoms with Crippen molar-refractivity contribution in [2.45, 2.75) is 19.4 Å². The molecule has 1 heterocycles. The van der Waals surface area contributed by atoms with Crippen LogP contribution in [0.5, 0.6) is 0 Å². The van der Waals surface area contributed by atoms with Crippen LogP contribution in [-0.2, 0) is 4.74 Å². The second kappa shape index (κ2) is 5.78. The van der Waals surface area contributed by atoms with Gasteiger partial charge in [-0.25, -0.2) is 4.39 Å². The molecule has 15 heavy (non-hydrogen) atoms. The SMILES string of the molecule is COCC(C)CC(N)c1ccncc1F. The second-order valence-corrected chi connectivity index (χ2v) is 3.80. The molecule has 1 aromatic heterocycles. The predicted octanol–water partition coefficient (Wildman–Crippen LogP) is 1.89. The minimum absolute atomic E-state index is 0.293. The number of aromatic nitrogens is 1. The summed E-state index contributed by atoms with van der Waals surface area (Å²) in [6, 6.07) is 1.33. The lowest BCUT2D eigenvalue weighted by Gasteiger charge is -2.17. The molecule has 0 aliphatic heterocycles. The van der Waals surface area contributed by atoms with Crippen molar-refractivity contribution in [3.63, 3.8) is 0 Å². The fraction of sp³-hybridized carbons (Fsp3) is 0.545. The fourth-order valence-corrected chi connectivity index (χ4v) is 1.60. The van der Waals surface area contributed by atoms with E-state index < -0.39 is 0 Å². The summed E-state index contributed by atoms with van der Waals surface area (Å²) in [5, 5.41) is 0. The van der Waals surface area contributed by atoms with Gasteiger partial charge in [-0.1, -0.05) is 6.92 Å². The number of hydrogen-bond donors (Lipinski definition) is 1. The van der Waals surface area contributed by atoms with Crippen molar-refractivity contribution in [1.29, 1.82) is 0 Å². The highest BCUT2D eigenvalue weighted by Crippen LogP contribution is 2.20. The zero-order chi connectivity index (χ0) is 11.3. The van der Waals surface area contributed by atoms with E-state index in [1.54, 1.807) is 19.4 Å². The highest BCUT2D eigenvalue weighted by atomic mass is 19.1. The van der Waals surface area contributed by atoms with Crippen molar-refractivity contribution in [1.82, 2.24) is 4.98 Å². The molecule has 0 amide bonds. The number of methoxy groups -OCH3 is 1. The molecule has 4 heteroatoms. The van der Waals surface area contributed by atoms with E-state index in [0.29, 0.717) is 24.5 Å². The van der Waals surface area contributed by atoms with Crippen LogP contribution in [0.15, 0.2) is 18.5 Å². The second-order valence-electron chi connectivity index (χ2n) is 3.80. The lowest BCUT2D eigenvalue weighted by Crippen LogP contribution is -2.17. The van der Waals surface area contributed by atoms with Gasteiger partial charge in [-0.2, -0.15) is 0 Å². The summed E-state index contributed by atoms with van der Waals surface area (Å²) in [5.74, 6) is -0.0211. The highest BCUT2D eigenvalue weighted by molar-refractivity contribution is 5.16. The third-order valence-electron chi connectivity index (χ3n) is 2.31. The van der Waals surface area contributed by atoms with Crippen LogP contribution in [0.3, 0.4) is 0 Å². The monoisotopic (exact) mass is 212 g/mol. The minimum atomic E-state index is -0.338. The Morgan fingerprint density at radius 1 is 1.60 bits per heavy atom. The van der Waals surface area contributed by atoms with E-state index in [0.717, 1.165) is 0 Å². The summed E-state index contributed by atoms with van der Waals surface area (Å²) in [5.41, 5.74) is 6.42. The molecule has 3 nitrogen and oxygen atoms in total. The van der Waals surface area contributed by atoms with Crippen LogP contribution >= 0.6 is 0 Å². The zero-order valence-electron chi connectivity index (χ0n) is 9.11. The first kappa shape index (κ1) is 12.1. The Morgan fingerprint density at radius 2 is 2.33 bits per heavy atom. The number of hydrogen-bond acceptors (Lipinski definition) is 3. The summed E-state index contributed by atoms with van der Waals surface area (Å²) >= 11 is 0. The average molecular weight is 212 g/mol. The number of pyridine rings is 1. The first-order valence-corrected chi connectivity index (χ1v) is 4.99. The van der Waals surface area contributed by atoms with E-state index in [9.17, 15) is 4.39 Å².